The van der Waals surface area contributed by atoms with Gasteiger partial charge in [0, 0.05) is 31.9 Å². The summed E-state index contributed by atoms with van der Waals surface area (Å²) in [7, 11) is 1.54. The fourth-order valence-corrected chi connectivity index (χ4v) is 4.79. The lowest BCUT2D eigenvalue weighted by atomic mass is 10.0. The molecule has 1 saturated heterocycles. The van der Waals surface area contributed by atoms with Crippen LogP contribution in [0.4, 0.5) is 29.3 Å². The molecule has 1 fully saturated rings. The second kappa shape index (κ2) is 11.1. The van der Waals surface area contributed by atoms with E-state index in [1.54, 1.807) is 30.2 Å². The summed E-state index contributed by atoms with van der Waals surface area (Å²) in [5, 5.41) is 2.97. The number of carbonyl (C=O) groups is 1. The number of alkyl halides is 3. The minimum Gasteiger partial charge on any atom is -0.497 e. The second-order valence-corrected chi connectivity index (χ2v) is 10.1. The molecule has 210 valence electrons. The van der Waals surface area contributed by atoms with Crippen LogP contribution in [0.2, 0.25) is 0 Å². The van der Waals surface area contributed by atoms with E-state index < -0.39 is 11.7 Å². The average Bonchev–Trinajstić information content (AvgIpc) is 3.27. The Kier molecular flexibility index (Phi) is 7.60. The van der Waals surface area contributed by atoms with E-state index in [2.05, 4.69) is 19.2 Å². The molecule has 5 rings (SSSR count). The minimum atomic E-state index is -4.52. The maximum atomic E-state index is 13.5. The molecule has 1 N–H and O–H groups in total. The number of carbonyl (C=O) groups excluding carboxylic acids is 1. The Morgan fingerprint density at radius 3 is 2.42 bits per heavy atom. The van der Waals surface area contributed by atoms with Crippen LogP contribution in [-0.2, 0) is 6.18 Å². The van der Waals surface area contributed by atoms with Crippen molar-refractivity contribution in [1.29, 1.82) is 0 Å². The van der Waals surface area contributed by atoms with Crippen LogP contribution in [0.1, 0.15) is 42.9 Å². The highest BCUT2D eigenvalue weighted by atomic mass is 19.4. The number of methoxy groups -OCH3 is 1. The summed E-state index contributed by atoms with van der Waals surface area (Å²) < 4.78 is 51.9. The van der Waals surface area contributed by atoms with Crippen molar-refractivity contribution in [3.8, 4) is 17.2 Å². The number of urea groups is 1. The zero-order chi connectivity index (χ0) is 28.4. The van der Waals surface area contributed by atoms with Gasteiger partial charge in [0.15, 0.2) is 5.75 Å². The molecule has 2 aliphatic heterocycles. The molecule has 3 aromatic rings. The number of fused-ring (bicyclic) bond motifs is 2. The topological polar surface area (TPSA) is 66.4 Å². The summed E-state index contributed by atoms with van der Waals surface area (Å²) in [6.45, 7) is 6.15. The Labute approximate surface area is 231 Å². The van der Waals surface area contributed by atoms with Crippen LogP contribution in [0.3, 0.4) is 0 Å². The van der Waals surface area contributed by atoms with Gasteiger partial charge in [-0.3, -0.25) is 0 Å². The van der Waals surface area contributed by atoms with Crippen molar-refractivity contribution in [3.63, 3.8) is 0 Å². The summed E-state index contributed by atoms with van der Waals surface area (Å²) in [4.78, 5) is 21.5. The molecule has 3 aromatic carbocycles. The van der Waals surface area contributed by atoms with Crippen molar-refractivity contribution in [2.45, 2.75) is 32.4 Å². The number of halogens is 3. The molecule has 0 bridgehead atoms. The molecule has 2 heterocycles. The third-order valence-electron chi connectivity index (χ3n) is 7.07. The molecule has 0 atom stereocenters. The van der Waals surface area contributed by atoms with E-state index in [0.717, 1.165) is 17.8 Å². The Balaban J connectivity index is 1.41. The van der Waals surface area contributed by atoms with Gasteiger partial charge in [0.2, 0.25) is 0 Å². The summed E-state index contributed by atoms with van der Waals surface area (Å²) in [5.41, 5.74) is 1.80. The number of hydrogen-bond acceptors (Lipinski definition) is 5. The number of rotatable bonds is 3. The van der Waals surface area contributed by atoms with E-state index in [1.165, 1.54) is 11.6 Å². The lowest BCUT2D eigenvalue weighted by Crippen LogP contribution is -2.39. The van der Waals surface area contributed by atoms with Gasteiger partial charge in [-0.1, -0.05) is 26.0 Å². The number of aliphatic imine (C=N–C) groups is 1. The first-order chi connectivity index (χ1) is 19.1. The second-order valence-electron chi connectivity index (χ2n) is 10.1. The van der Waals surface area contributed by atoms with Gasteiger partial charge >= 0.3 is 12.2 Å². The van der Waals surface area contributed by atoms with Crippen LogP contribution < -0.4 is 14.8 Å². The van der Waals surface area contributed by atoms with Crippen molar-refractivity contribution in [2.24, 2.45) is 4.99 Å². The fraction of sp³-hybridized carbons (Fsp3) is 0.333. The first kappa shape index (κ1) is 27.4. The monoisotopic (exact) mass is 552 g/mol. The Bertz CT molecular complexity index is 1420. The van der Waals surface area contributed by atoms with Crippen molar-refractivity contribution >= 4 is 23.2 Å². The van der Waals surface area contributed by atoms with Gasteiger partial charge in [-0.05, 0) is 66.4 Å². The van der Waals surface area contributed by atoms with Crippen LogP contribution in [0.15, 0.2) is 65.7 Å². The van der Waals surface area contributed by atoms with Gasteiger partial charge in [0.05, 0.1) is 18.2 Å². The lowest BCUT2D eigenvalue weighted by molar-refractivity contribution is -0.137. The van der Waals surface area contributed by atoms with E-state index in [9.17, 15) is 18.0 Å². The van der Waals surface area contributed by atoms with Crippen LogP contribution in [0.5, 0.6) is 17.2 Å². The number of nitrogens with one attached hydrogen (secondary N) is 1. The molecule has 2 amide bonds. The predicted molar refractivity (Wildman–Crippen MR) is 148 cm³/mol. The predicted octanol–water partition coefficient (Wildman–Crippen LogP) is 7.26. The molecule has 0 aliphatic carbocycles. The molecule has 7 nitrogen and oxygen atoms in total. The Morgan fingerprint density at radius 1 is 0.975 bits per heavy atom. The first-order valence-electron chi connectivity index (χ1n) is 13.2. The fourth-order valence-electron chi connectivity index (χ4n) is 4.79. The summed E-state index contributed by atoms with van der Waals surface area (Å²) in [6, 6.07) is 16.1. The third kappa shape index (κ3) is 5.85. The zero-order valence-electron chi connectivity index (χ0n) is 22.6. The molecule has 10 heteroatoms. The number of nitrogens with zero attached hydrogens (tertiary/aromatic N) is 3. The minimum absolute atomic E-state index is 0.0867. The van der Waals surface area contributed by atoms with Crippen molar-refractivity contribution in [2.75, 3.05) is 38.6 Å². The Morgan fingerprint density at radius 2 is 1.73 bits per heavy atom. The number of hydrogen-bond donors (Lipinski definition) is 1. The van der Waals surface area contributed by atoms with Gasteiger partial charge in [0.25, 0.3) is 0 Å². The van der Waals surface area contributed by atoms with Crippen molar-refractivity contribution in [1.82, 2.24) is 9.80 Å². The number of ether oxygens (including phenoxy) is 2. The zero-order valence-corrected chi connectivity index (χ0v) is 22.6. The molecule has 0 saturated carbocycles. The molecular weight excluding hydrogens is 521 g/mol. The lowest BCUT2D eigenvalue weighted by Gasteiger charge is -2.25. The van der Waals surface area contributed by atoms with Gasteiger partial charge in [-0.2, -0.15) is 13.2 Å². The Hall–Kier alpha value is -4.21. The number of anilines is 1. The maximum Gasteiger partial charge on any atom is 0.416 e. The molecule has 2 aliphatic rings. The molecule has 0 aromatic heterocycles. The molecular formula is C30H31F3N4O3. The third-order valence-corrected chi connectivity index (χ3v) is 7.07. The highest BCUT2D eigenvalue weighted by Gasteiger charge is 2.33. The standard InChI is InChI=1S/C30H31F3N4O3/c1-19(2)20-5-8-22(9-6-20)34-29(38)37-14-4-13-36(15-16-37)28-24-18-23(39-3)10-12-26(24)40-27-11-7-21(30(31,32)33)17-25(27)35-28/h5-12,17-19H,4,13-16H2,1-3H3,(H,34,38). The van der Waals surface area contributed by atoms with Gasteiger partial charge in [-0.15, -0.1) is 0 Å². The maximum absolute atomic E-state index is 13.5. The number of benzene rings is 3. The van der Waals surface area contributed by atoms with Crippen LogP contribution in [0, 0.1) is 0 Å². The van der Waals surface area contributed by atoms with E-state index in [1.807, 2.05) is 29.2 Å². The van der Waals surface area contributed by atoms with E-state index >= 15 is 0 Å². The number of amidine groups is 1. The summed E-state index contributed by atoms with van der Waals surface area (Å²) >= 11 is 0. The number of amides is 2. The summed E-state index contributed by atoms with van der Waals surface area (Å²) in [6.07, 6.45) is -3.87. The van der Waals surface area contributed by atoms with Crippen molar-refractivity contribution < 1.29 is 27.4 Å². The van der Waals surface area contributed by atoms with Crippen LogP contribution >= 0.6 is 0 Å². The largest absolute Gasteiger partial charge is 0.497 e. The van der Waals surface area contributed by atoms with Gasteiger partial charge in [0.1, 0.15) is 23.0 Å². The SMILES string of the molecule is COc1ccc2c(c1)C(N1CCCN(C(=O)Nc3ccc(C(C)C)cc3)CC1)=Nc1cc(C(F)(F)F)ccc1O2. The summed E-state index contributed by atoms with van der Waals surface area (Å²) in [5.74, 6) is 2.13. The van der Waals surface area contributed by atoms with E-state index in [0.29, 0.717) is 61.4 Å². The quantitative estimate of drug-likeness (QED) is 0.371. The van der Waals surface area contributed by atoms with E-state index in [-0.39, 0.29) is 17.5 Å². The van der Waals surface area contributed by atoms with Gasteiger partial charge < -0.3 is 24.6 Å². The van der Waals surface area contributed by atoms with Crippen molar-refractivity contribution in [3.05, 3.63) is 77.4 Å². The van der Waals surface area contributed by atoms with E-state index in [4.69, 9.17) is 14.5 Å². The normalized spacial score (nSPS) is 15.3. The van der Waals surface area contributed by atoms with Gasteiger partial charge in [-0.25, -0.2) is 9.79 Å². The smallest absolute Gasteiger partial charge is 0.416 e. The molecule has 0 radical (unpaired) electrons. The highest BCUT2D eigenvalue weighted by Crippen LogP contribution is 2.42. The highest BCUT2D eigenvalue weighted by molar-refractivity contribution is 6.04. The molecule has 0 unspecified atom stereocenters. The first-order valence-corrected chi connectivity index (χ1v) is 13.2. The molecule has 0 spiro atoms. The van der Waals surface area contributed by atoms with Crippen LogP contribution in [-0.4, -0.2) is 55.0 Å². The molecule has 40 heavy (non-hydrogen) atoms. The van der Waals surface area contributed by atoms with Crippen LogP contribution in [0.25, 0.3) is 0 Å². The average molecular weight is 553 g/mol.